The molecule has 166 valence electrons. The summed E-state index contributed by atoms with van der Waals surface area (Å²) in [5, 5.41) is 6.54. The average Bonchev–Trinajstić information content (AvgIpc) is 2.74. The number of nitrogens with one attached hydrogen (secondary N) is 2. The van der Waals surface area contributed by atoms with Crippen molar-refractivity contribution in [2.75, 3.05) is 34.6 Å². The largest absolute Gasteiger partial charge is 0.493 e. The van der Waals surface area contributed by atoms with E-state index in [0.717, 1.165) is 22.4 Å². The first-order valence-corrected chi connectivity index (χ1v) is 10.4. The van der Waals surface area contributed by atoms with E-state index in [9.17, 15) is 4.39 Å². The normalized spacial score (nSPS) is 10.8. The number of rotatable bonds is 9. The number of methoxy groups -OCH3 is 3. The molecule has 2 aromatic carbocycles. The minimum Gasteiger partial charge on any atom is -0.493 e. The Morgan fingerprint density at radius 3 is 2.13 bits per heavy atom. The summed E-state index contributed by atoms with van der Waals surface area (Å²) in [5.41, 5.74) is 2.97. The van der Waals surface area contributed by atoms with Crippen LogP contribution >= 0.6 is 35.7 Å². The molecule has 30 heavy (non-hydrogen) atoms. The topological polar surface area (TPSA) is 64.1 Å². The fourth-order valence-electron chi connectivity index (χ4n) is 2.88. The molecule has 0 bridgehead atoms. The Hall–Kier alpha value is -1.88. The SMILES string of the molecule is CN=C(NCc1cc(OC)c(OC)c(OC)c1)NCc1ccc(F)cc1CSC.I. The fourth-order valence-corrected chi connectivity index (χ4v) is 3.46. The summed E-state index contributed by atoms with van der Waals surface area (Å²) in [6.45, 7) is 1.06. The lowest BCUT2D eigenvalue weighted by Crippen LogP contribution is -2.36. The molecule has 0 saturated heterocycles. The van der Waals surface area contributed by atoms with Crippen molar-refractivity contribution in [3.8, 4) is 17.2 Å². The number of halogens is 2. The van der Waals surface area contributed by atoms with Gasteiger partial charge in [0.25, 0.3) is 0 Å². The fraction of sp³-hybridized carbons (Fsp3) is 0.381. The van der Waals surface area contributed by atoms with Crippen LogP contribution in [0.15, 0.2) is 35.3 Å². The van der Waals surface area contributed by atoms with Crippen molar-refractivity contribution < 1.29 is 18.6 Å². The van der Waals surface area contributed by atoms with E-state index in [0.29, 0.717) is 36.3 Å². The zero-order chi connectivity index (χ0) is 21.2. The van der Waals surface area contributed by atoms with E-state index in [1.54, 1.807) is 52.3 Å². The minimum absolute atomic E-state index is 0. The number of hydrogen-bond acceptors (Lipinski definition) is 5. The predicted octanol–water partition coefficient (Wildman–Crippen LogP) is 4.20. The summed E-state index contributed by atoms with van der Waals surface area (Å²) in [6, 6.07) is 8.64. The molecule has 0 aliphatic heterocycles. The van der Waals surface area contributed by atoms with Gasteiger partial charge in [0, 0.05) is 25.9 Å². The number of nitrogens with zero attached hydrogens (tertiary/aromatic N) is 1. The van der Waals surface area contributed by atoms with Crippen molar-refractivity contribution in [3.05, 3.63) is 52.8 Å². The summed E-state index contributed by atoms with van der Waals surface area (Å²) >= 11 is 1.66. The molecule has 2 N–H and O–H groups in total. The Kier molecular flexibility index (Phi) is 11.7. The van der Waals surface area contributed by atoms with Gasteiger partial charge in [-0.15, -0.1) is 24.0 Å². The highest BCUT2D eigenvalue weighted by Gasteiger charge is 2.13. The molecule has 0 unspecified atom stereocenters. The molecule has 0 amide bonds. The molecule has 0 fully saturated rings. The molecule has 0 atom stereocenters. The molecule has 0 aromatic heterocycles. The molecule has 2 aromatic rings. The summed E-state index contributed by atoms with van der Waals surface area (Å²) in [4.78, 5) is 4.26. The molecule has 0 spiro atoms. The summed E-state index contributed by atoms with van der Waals surface area (Å²) < 4.78 is 29.7. The van der Waals surface area contributed by atoms with Gasteiger partial charge in [0.1, 0.15) is 5.82 Å². The quantitative estimate of drug-likeness (QED) is 0.278. The molecule has 0 aliphatic rings. The third kappa shape index (κ3) is 7.12. The molecule has 9 heteroatoms. The van der Waals surface area contributed by atoms with E-state index < -0.39 is 0 Å². The van der Waals surface area contributed by atoms with E-state index in [1.165, 1.54) is 6.07 Å². The van der Waals surface area contributed by atoms with Gasteiger partial charge in [-0.3, -0.25) is 4.99 Å². The van der Waals surface area contributed by atoms with Gasteiger partial charge in [-0.2, -0.15) is 11.8 Å². The van der Waals surface area contributed by atoms with Gasteiger partial charge in [-0.1, -0.05) is 6.07 Å². The van der Waals surface area contributed by atoms with E-state index in [2.05, 4.69) is 15.6 Å². The van der Waals surface area contributed by atoms with Crippen molar-refractivity contribution in [1.29, 1.82) is 0 Å². The van der Waals surface area contributed by atoms with Gasteiger partial charge in [0.15, 0.2) is 17.5 Å². The standard InChI is InChI=1S/C21H28FN3O3S.HI/c1-23-21(25-12-15-6-7-17(22)10-16(15)13-29-5)24-11-14-8-18(26-2)20(28-4)19(9-14)27-3;/h6-10H,11-13H2,1-5H3,(H2,23,24,25);1H. The van der Waals surface area contributed by atoms with Crippen molar-refractivity contribution in [1.82, 2.24) is 10.6 Å². The molecular formula is C21H29FIN3O3S. The Balaban J connectivity index is 0.00000450. The Labute approximate surface area is 199 Å². The van der Waals surface area contributed by atoms with Crippen LogP contribution in [0.1, 0.15) is 16.7 Å². The summed E-state index contributed by atoms with van der Waals surface area (Å²) in [5.74, 6) is 2.92. The lowest BCUT2D eigenvalue weighted by Gasteiger charge is -2.16. The second-order valence-electron chi connectivity index (χ2n) is 6.16. The van der Waals surface area contributed by atoms with Crippen LogP contribution in [-0.4, -0.2) is 40.6 Å². The van der Waals surface area contributed by atoms with Gasteiger partial charge in [-0.25, -0.2) is 4.39 Å². The maximum Gasteiger partial charge on any atom is 0.203 e. The van der Waals surface area contributed by atoms with Gasteiger partial charge < -0.3 is 24.8 Å². The van der Waals surface area contributed by atoms with E-state index in [1.807, 2.05) is 18.4 Å². The van der Waals surface area contributed by atoms with Crippen LogP contribution in [0, 0.1) is 5.82 Å². The monoisotopic (exact) mass is 549 g/mol. The van der Waals surface area contributed by atoms with Crippen LogP contribution in [0.25, 0.3) is 0 Å². The number of benzene rings is 2. The van der Waals surface area contributed by atoms with Crippen molar-refractivity contribution in [2.24, 2.45) is 4.99 Å². The highest BCUT2D eigenvalue weighted by molar-refractivity contribution is 14.0. The van der Waals surface area contributed by atoms with Gasteiger partial charge in [-0.05, 0) is 47.2 Å². The van der Waals surface area contributed by atoms with Gasteiger partial charge in [0.05, 0.1) is 21.3 Å². The average molecular weight is 549 g/mol. The van der Waals surface area contributed by atoms with Crippen LogP contribution in [-0.2, 0) is 18.8 Å². The Bertz CT molecular complexity index is 827. The first kappa shape index (κ1) is 26.2. The zero-order valence-electron chi connectivity index (χ0n) is 17.9. The zero-order valence-corrected chi connectivity index (χ0v) is 21.0. The molecule has 0 heterocycles. The van der Waals surface area contributed by atoms with Gasteiger partial charge in [0.2, 0.25) is 5.75 Å². The van der Waals surface area contributed by atoms with Crippen LogP contribution in [0.2, 0.25) is 0 Å². The van der Waals surface area contributed by atoms with Crippen molar-refractivity contribution >= 4 is 41.7 Å². The Morgan fingerprint density at radius 2 is 1.60 bits per heavy atom. The highest BCUT2D eigenvalue weighted by atomic mass is 127. The van der Waals surface area contributed by atoms with Crippen LogP contribution in [0.4, 0.5) is 4.39 Å². The van der Waals surface area contributed by atoms with Crippen molar-refractivity contribution in [3.63, 3.8) is 0 Å². The predicted molar refractivity (Wildman–Crippen MR) is 132 cm³/mol. The van der Waals surface area contributed by atoms with Crippen molar-refractivity contribution in [2.45, 2.75) is 18.8 Å². The van der Waals surface area contributed by atoms with E-state index >= 15 is 0 Å². The highest BCUT2D eigenvalue weighted by Crippen LogP contribution is 2.38. The third-order valence-corrected chi connectivity index (χ3v) is 4.92. The number of aliphatic imine (C=N–C) groups is 1. The smallest absolute Gasteiger partial charge is 0.203 e. The lowest BCUT2D eigenvalue weighted by atomic mass is 10.1. The lowest BCUT2D eigenvalue weighted by molar-refractivity contribution is 0.323. The van der Waals surface area contributed by atoms with E-state index in [4.69, 9.17) is 14.2 Å². The second-order valence-corrected chi connectivity index (χ2v) is 7.02. The number of ether oxygens (including phenoxy) is 3. The molecule has 6 nitrogen and oxygen atoms in total. The second kappa shape index (κ2) is 13.4. The molecule has 0 saturated carbocycles. The first-order chi connectivity index (χ1) is 14.1. The van der Waals surface area contributed by atoms with Gasteiger partial charge >= 0.3 is 0 Å². The van der Waals surface area contributed by atoms with E-state index in [-0.39, 0.29) is 29.8 Å². The molecule has 2 rings (SSSR count). The molecule has 0 radical (unpaired) electrons. The Morgan fingerprint density at radius 1 is 0.967 bits per heavy atom. The third-order valence-electron chi connectivity index (χ3n) is 4.32. The number of thioether (sulfide) groups is 1. The maximum atomic E-state index is 13.5. The van der Waals surface area contributed by atoms with Crippen LogP contribution in [0.5, 0.6) is 17.2 Å². The molecular weight excluding hydrogens is 520 g/mol. The summed E-state index contributed by atoms with van der Waals surface area (Å²) in [7, 11) is 6.45. The maximum absolute atomic E-state index is 13.5. The first-order valence-electron chi connectivity index (χ1n) is 9.05. The summed E-state index contributed by atoms with van der Waals surface area (Å²) in [6.07, 6.45) is 2.00. The number of hydrogen-bond donors (Lipinski definition) is 2. The minimum atomic E-state index is -0.220. The van der Waals surface area contributed by atoms with Crippen LogP contribution in [0.3, 0.4) is 0 Å². The molecule has 0 aliphatic carbocycles. The number of guanidine groups is 1. The van der Waals surface area contributed by atoms with Crippen LogP contribution < -0.4 is 24.8 Å².